The van der Waals surface area contributed by atoms with E-state index in [0.717, 1.165) is 19.2 Å². The molecule has 2 rings (SSSR count). The first kappa shape index (κ1) is 9.47. The van der Waals surface area contributed by atoms with Crippen LogP contribution in [0.5, 0.6) is 0 Å². The maximum Gasteiger partial charge on any atom is 0.0809 e. The fourth-order valence-corrected chi connectivity index (χ4v) is 2.38. The summed E-state index contributed by atoms with van der Waals surface area (Å²) in [6.07, 6.45) is 5.21. The fraction of sp³-hybridized carbons (Fsp3) is 1.00. The van der Waals surface area contributed by atoms with Crippen molar-refractivity contribution in [3.05, 3.63) is 0 Å². The molecule has 76 valence electrons. The van der Waals surface area contributed by atoms with Crippen LogP contribution in [0.2, 0.25) is 0 Å². The third-order valence-corrected chi connectivity index (χ3v) is 3.76. The first-order valence-electron chi connectivity index (χ1n) is 5.64. The summed E-state index contributed by atoms with van der Waals surface area (Å²) in [5.41, 5.74) is 0.279. The Morgan fingerprint density at radius 1 is 1.46 bits per heavy atom. The largest absolute Gasteiger partial charge is 0.372 e. The van der Waals surface area contributed by atoms with Gasteiger partial charge in [0.25, 0.3) is 0 Å². The molecule has 13 heavy (non-hydrogen) atoms. The van der Waals surface area contributed by atoms with Crippen molar-refractivity contribution >= 4 is 0 Å². The molecule has 1 spiro atoms. The third-order valence-electron chi connectivity index (χ3n) is 3.76. The Labute approximate surface area is 81.3 Å². The third kappa shape index (κ3) is 1.75. The lowest BCUT2D eigenvalue weighted by atomic mass is 9.78. The van der Waals surface area contributed by atoms with Crippen molar-refractivity contribution in [2.45, 2.75) is 51.2 Å². The van der Waals surface area contributed by atoms with Crippen LogP contribution in [0.3, 0.4) is 0 Å². The van der Waals surface area contributed by atoms with Gasteiger partial charge in [-0.2, -0.15) is 0 Å². The first-order chi connectivity index (χ1) is 6.26. The number of hydrogen-bond donors (Lipinski definition) is 0. The molecular formula is C11H21NO. The van der Waals surface area contributed by atoms with Gasteiger partial charge in [0.1, 0.15) is 0 Å². The zero-order chi connectivity index (χ0) is 9.31. The summed E-state index contributed by atoms with van der Waals surface area (Å²) in [6.45, 7) is 7.87. The lowest BCUT2D eigenvalue weighted by molar-refractivity contribution is -0.157. The normalized spacial score (nSPS) is 30.0. The van der Waals surface area contributed by atoms with E-state index in [9.17, 15) is 0 Å². The Hall–Kier alpha value is -0.0800. The van der Waals surface area contributed by atoms with Crippen LogP contribution in [0.15, 0.2) is 0 Å². The summed E-state index contributed by atoms with van der Waals surface area (Å²) < 4.78 is 5.88. The average molecular weight is 183 g/mol. The maximum absolute atomic E-state index is 5.88. The van der Waals surface area contributed by atoms with Crippen molar-refractivity contribution in [2.24, 2.45) is 0 Å². The molecule has 1 saturated carbocycles. The minimum atomic E-state index is 0.279. The number of morpholine rings is 1. The molecule has 0 aromatic carbocycles. The lowest BCUT2D eigenvalue weighted by Crippen LogP contribution is -2.57. The van der Waals surface area contributed by atoms with Crippen LogP contribution in [0.4, 0.5) is 0 Å². The highest BCUT2D eigenvalue weighted by Gasteiger charge is 2.42. The minimum absolute atomic E-state index is 0.279. The Morgan fingerprint density at radius 3 is 2.77 bits per heavy atom. The van der Waals surface area contributed by atoms with E-state index in [1.807, 2.05) is 0 Å². The number of nitrogens with zero attached hydrogens (tertiary/aromatic N) is 1. The van der Waals surface area contributed by atoms with Crippen molar-refractivity contribution in [2.75, 3.05) is 19.7 Å². The Kier molecular flexibility index (Phi) is 2.61. The molecule has 0 aromatic heterocycles. The Morgan fingerprint density at radius 2 is 2.23 bits per heavy atom. The summed E-state index contributed by atoms with van der Waals surface area (Å²) in [5.74, 6) is 0. The van der Waals surface area contributed by atoms with Gasteiger partial charge in [-0.1, -0.05) is 6.92 Å². The van der Waals surface area contributed by atoms with E-state index in [2.05, 4.69) is 18.7 Å². The quantitative estimate of drug-likeness (QED) is 0.649. The van der Waals surface area contributed by atoms with Crippen LogP contribution >= 0.6 is 0 Å². The van der Waals surface area contributed by atoms with Crippen LogP contribution in [0.25, 0.3) is 0 Å². The lowest BCUT2D eigenvalue weighted by Gasteiger charge is -2.49. The predicted octanol–water partition coefficient (Wildman–Crippen LogP) is 2.04. The highest BCUT2D eigenvalue weighted by molar-refractivity contribution is 4.95. The molecule has 0 bridgehead atoms. The molecule has 2 nitrogen and oxygen atoms in total. The van der Waals surface area contributed by atoms with Crippen LogP contribution in [0.1, 0.15) is 39.5 Å². The maximum atomic E-state index is 5.88. The van der Waals surface area contributed by atoms with Crippen molar-refractivity contribution in [3.63, 3.8) is 0 Å². The predicted molar refractivity (Wildman–Crippen MR) is 53.9 cm³/mol. The number of hydrogen-bond acceptors (Lipinski definition) is 2. The molecule has 2 heteroatoms. The SMILES string of the molecule is CCC(C)N1CCOC2(CCC2)C1. The van der Waals surface area contributed by atoms with Crippen molar-refractivity contribution in [1.29, 1.82) is 0 Å². The molecule has 2 aliphatic rings. The molecular weight excluding hydrogens is 162 g/mol. The van der Waals surface area contributed by atoms with E-state index >= 15 is 0 Å². The van der Waals surface area contributed by atoms with Gasteiger partial charge in [-0.15, -0.1) is 0 Å². The van der Waals surface area contributed by atoms with E-state index in [1.54, 1.807) is 0 Å². The number of rotatable bonds is 2. The van der Waals surface area contributed by atoms with Crippen LogP contribution in [-0.2, 0) is 4.74 Å². The monoisotopic (exact) mass is 183 g/mol. The Balaban J connectivity index is 1.92. The van der Waals surface area contributed by atoms with Crippen molar-refractivity contribution in [1.82, 2.24) is 4.90 Å². The Bertz CT molecular complexity index is 177. The van der Waals surface area contributed by atoms with E-state index in [1.165, 1.54) is 32.2 Å². The molecule has 1 atom stereocenters. The van der Waals surface area contributed by atoms with E-state index in [0.29, 0.717) is 0 Å². The van der Waals surface area contributed by atoms with Gasteiger partial charge in [0.05, 0.1) is 12.2 Å². The summed E-state index contributed by atoms with van der Waals surface area (Å²) in [5, 5.41) is 0. The van der Waals surface area contributed by atoms with Gasteiger partial charge < -0.3 is 4.74 Å². The van der Waals surface area contributed by atoms with E-state index in [4.69, 9.17) is 4.74 Å². The van der Waals surface area contributed by atoms with Crippen molar-refractivity contribution < 1.29 is 4.74 Å². The second-order valence-corrected chi connectivity index (χ2v) is 4.61. The molecule has 0 radical (unpaired) electrons. The second-order valence-electron chi connectivity index (χ2n) is 4.61. The average Bonchev–Trinajstić information content (AvgIpc) is 2.14. The van der Waals surface area contributed by atoms with E-state index in [-0.39, 0.29) is 5.60 Å². The second kappa shape index (κ2) is 3.58. The smallest absolute Gasteiger partial charge is 0.0809 e. The minimum Gasteiger partial charge on any atom is -0.372 e. The topological polar surface area (TPSA) is 12.5 Å². The summed E-state index contributed by atoms with van der Waals surface area (Å²) in [4.78, 5) is 2.60. The standard InChI is InChI=1S/C11H21NO/c1-3-10(2)12-7-8-13-11(9-12)5-4-6-11/h10H,3-9H2,1-2H3. The van der Waals surface area contributed by atoms with Gasteiger partial charge in [-0.05, 0) is 32.6 Å². The summed E-state index contributed by atoms with van der Waals surface area (Å²) in [7, 11) is 0. The zero-order valence-corrected chi connectivity index (χ0v) is 8.88. The van der Waals surface area contributed by atoms with Crippen LogP contribution in [0, 0.1) is 0 Å². The van der Waals surface area contributed by atoms with Gasteiger partial charge >= 0.3 is 0 Å². The van der Waals surface area contributed by atoms with Gasteiger partial charge in [0.15, 0.2) is 0 Å². The molecule has 1 heterocycles. The molecule has 0 amide bonds. The molecule has 0 N–H and O–H groups in total. The fourth-order valence-electron chi connectivity index (χ4n) is 2.38. The molecule has 1 unspecified atom stereocenters. The zero-order valence-electron chi connectivity index (χ0n) is 8.88. The summed E-state index contributed by atoms with van der Waals surface area (Å²) >= 11 is 0. The molecule has 1 aliphatic carbocycles. The molecule has 0 aromatic rings. The van der Waals surface area contributed by atoms with Crippen LogP contribution < -0.4 is 0 Å². The number of ether oxygens (including phenoxy) is 1. The van der Waals surface area contributed by atoms with Crippen molar-refractivity contribution in [3.8, 4) is 0 Å². The van der Waals surface area contributed by atoms with Gasteiger partial charge in [-0.3, -0.25) is 4.90 Å². The highest BCUT2D eigenvalue weighted by atomic mass is 16.5. The molecule has 1 aliphatic heterocycles. The molecule has 1 saturated heterocycles. The summed E-state index contributed by atoms with van der Waals surface area (Å²) in [6, 6.07) is 0.737. The molecule has 2 fully saturated rings. The first-order valence-corrected chi connectivity index (χ1v) is 5.64. The van der Waals surface area contributed by atoms with Gasteiger partial charge in [0, 0.05) is 19.1 Å². The van der Waals surface area contributed by atoms with Gasteiger partial charge in [-0.25, -0.2) is 0 Å². The van der Waals surface area contributed by atoms with Crippen LogP contribution in [-0.4, -0.2) is 36.2 Å². The van der Waals surface area contributed by atoms with Gasteiger partial charge in [0.2, 0.25) is 0 Å². The van der Waals surface area contributed by atoms with E-state index < -0.39 is 0 Å². The highest BCUT2D eigenvalue weighted by Crippen LogP contribution is 2.38.